The lowest BCUT2D eigenvalue weighted by molar-refractivity contribution is -0.123. The first-order valence-electron chi connectivity index (χ1n) is 11.9. The molecule has 184 valence electrons. The molecule has 0 saturated carbocycles. The van der Waals surface area contributed by atoms with Crippen LogP contribution in [0.15, 0.2) is 36.7 Å². The number of amides is 1. The fraction of sp³-hybridized carbons (Fsp3) is 0.385. The molecule has 0 bridgehead atoms. The van der Waals surface area contributed by atoms with Crippen LogP contribution in [0.1, 0.15) is 70.7 Å². The number of aromatic amines is 1. The van der Waals surface area contributed by atoms with Gasteiger partial charge in [-0.05, 0) is 57.2 Å². The van der Waals surface area contributed by atoms with Gasteiger partial charge in [0.15, 0.2) is 6.10 Å². The third-order valence-electron chi connectivity index (χ3n) is 5.93. The lowest BCUT2D eigenvalue weighted by Gasteiger charge is -2.14. The van der Waals surface area contributed by atoms with Crippen LogP contribution in [-0.2, 0) is 27.1 Å². The molecule has 1 aliphatic rings. The number of carbonyl (C=O) groups is 3. The van der Waals surface area contributed by atoms with E-state index in [-0.39, 0.29) is 6.61 Å². The smallest absolute Gasteiger partial charge is 0.341 e. The number of rotatable bonds is 7. The summed E-state index contributed by atoms with van der Waals surface area (Å²) in [4.78, 5) is 46.6. The van der Waals surface area contributed by atoms with Crippen LogP contribution < -0.4 is 5.32 Å². The van der Waals surface area contributed by atoms with Gasteiger partial charge in [0.2, 0.25) is 0 Å². The number of H-pyrrole nitrogens is 1. The standard InChI is InChI=1S/C26H29N3O5S/c1-3-33-26(32)21-19-8-6-4-5-7-9-20(19)35-24(21)29-23(30)16(2)34-25(31)18-12-10-17(11-13-18)22-27-14-15-28-22/h10-16H,3-9H2,1-2H3,(H,27,28)(H,29,30). The number of aromatic nitrogens is 2. The number of benzene rings is 1. The molecule has 0 saturated heterocycles. The first kappa shape index (κ1) is 24.7. The fourth-order valence-electron chi connectivity index (χ4n) is 4.11. The molecule has 0 fully saturated rings. The minimum absolute atomic E-state index is 0.254. The molecule has 1 aliphatic carbocycles. The number of thiophene rings is 1. The third-order valence-corrected chi connectivity index (χ3v) is 7.14. The quantitative estimate of drug-likeness (QED) is 0.438. The predicted octanol–water partition coefficient (Wildman–Crippen LogP) is 5.16. The molecule has 1 aromatic carbocycles. The van der Waals surface area contributed by atoms with Crippen LogP contribution in [0.4, 0.5) is 5.00 Å². The average molecular weight is 496 g/mol. The Kier molecular flexibility index (Phi) is 7.97. The summed E-state index contributed by atoms with van der Waals surface area (Å²) in [5.41, 5.74) is 2.57. The number of nitrogens with one attached hydrogen (secondary N) is 2. The van der Waals surface area contributed by atoms with Gasteiger partial charge in [0.25, 0.3) is 5.91 Å². The lowest BCUT2D eigenvalue weighted by Crippen LogP contribution is -2.30. The van der Waals surface area contributed by atoms with Crippen LogP contribution in [0.3, 0.4) is 0 Å². The van der Waals surface area contributed by atoms with Crippen molar-refractivity contribution in [2.75, 3.05) is 11.9 Å². The first-order chi connectivity index (χ1) is 17.0. The summed E-state index contributed by atoms with van der Waals surface area (Å²) in [5.74, 6) is -0.838. The minimum atomic E-state index is -1.05. The van der Waals surface area contributed by atoms with Crippen molar-refractivity contribution in [1.82, 2.24) is 9.97 Å². The molecule has 0 aliphatic heterocycles. The number of anilines is 1. The van der Waals surface area contributed by atoms with E-state index in [0.29, 0.717) is 22.0 Å². The van der Waals surface area contributed by atoms with E-state index in [9.17, 15) is 14.4 Å². The van der Waals surface area contributed by atoms with Gasteiger partial charge < -0.3 is 19.8 Å². The van der Waals surface area contributed by atoms with Crippen molar-refractivity contribution in [3.63, 3.8) is 0 Å². The van der Waals surface area contributed by atoms with Crippen LogP contribution in [0.5, 0.6) is 0 Å². The Hall–Kier alpha value is -3.46. The molecule has 2 heterocycles. The summed E-state index contributed by atoms with van der Waals surface area (Å²) in [6, 6.07) is 6.77. The maximum absolute atomic E-state index is 12.9. The molecule has 3 aromatic rings. The summed E-state index contributed by atoms with van der Waals surface area (Å²) in [5, 5.41) is 3.29. The Morgan fingerprint density at radius 3 is 2.51 bits per heavy atom. The molecular formula is C26H29N3O5S. The first-order valence-corrected chi connectivity index (χ1v) is 12.7. The van der Waals surface area contributed by atoms with Crippen molar-refractivity contribution in [3.8, 4) is 11.4 Å². The topological polar surface area (TPSA) is 110 Å². The highest BCUT2D eigenvalue weighted by molar-refractivity contribution is 7.17. The Labute approximate surface area is 208 Å². The van der Waals surface area contributed by atoms with Gasteiger partial charge in [0.05, 0.1) is 17.7 Å². The molecule has 9 heteroatoms. The average Bonchev–Trinajstić information content (AvgIpc) is 3.48. The maximum Gasteiger partial charge on any atom is 0.341 e. The zero-order valence-corrected chi connectivity index (χ0v) is 20.7. The Bertz CT molecular complexity index is 1180. The van der Waals surface area contributed by atoms with E-state index in [4.69, 9.17) is 9.47 Å². The molecule has 1 unspecified atom stereocenters. The van der Waals surface area contributed by atoms with Gasteiger partial charge in [-0.15, -0.1) is 11.3 Å². The summed E-state index contributed by atoms with van der Waals surface area (Å²) < 4.78 is 10.7. The van der Waals surface area contributed by atoms with E-state index >= 15 is 0 Å². The van der Waals surface area contributed by atoms with E-state index < -0.39 is 23.9 Å². The zero-order chi connectivity index (χ0) is 24.8. The number of fused-ring (bicyclic) bond motifs is 1. The normalized spacial score (nSPS) is 14.2. The highest BCUT2D eigenvalue weighted by Crippen LogP contribution is 2.37. The van der Waals surface area contributed by atoms with Gasteiger partial charge in [0, 0.05) is 22.8 Å². The van der Waals surface area contributed by atoms with E-state index in [2.05, 4.69) is 15.3 Å². The molecule has 1 atom stereocenters. The number of imidazole rings is 1. The van der Waals surface area contributed by atoms with Crippen LogP contribution in [0, 0.1) is 0 Å². The number of esters is 2. The number of hydrogen-bond acceptors (Lipinski definition) is 7. The molecule has 8 nitrogen and oxygen atoms in total. The number of aryl methyl sites for hydroxylation is 1. The summed E-state index contributed by atoms with van der Waals surface area (Å²) in [6.07, 6.45) is 8.31. The number of hydrogen-bond donors (Lipinski definition) is 2. The second-order valence-corrected chi connectivity index (χ2v) is 9.50. The van der Waals surface area contributed by atoms with Crippen LogP contribution in [0.25, 0.3) is 11.4 Å². The Morgan fingerprint density at radius 1 is 1.09 bits per heavy atom. The third kappa shape index (κ3) is 5.79. The van der Waals surface area contributed by atoms with Crippen molar-refractivity contribution >= 4 is 34.2 Å². The van der Waals surface area contributed by atoms with Crippen molar-refractivity contribution < 1.29 is 23.9 Å². The van der Waals surface area contributed by atoms with E-state index in [1.807, 2.05) is 0 Å². The summed E-state index contributed by atoms with van der Waals surface area (Å²) in [7, 11) is 0. The fourth-order valence-corrected chi connectivity index (χ4v) is 5.39. The van der Waals surface area contributed by atoms with Gasteiger partial charge in [-0.1, -0.05) is 25.0 Å². The van der Waals surface area contributed by atoms with Gasteiger partial charge in [-0.3, -0.25) is 4.79 Å². The molecular weight excluding hydrogens is 466 g/mol. The Balaban J connectivity index is 1.46. The molecule has 2 N–H and O–H groups in total. The van der Waals surface area contributed by atoms with Gasteiger partial charge >= 0.3 is 11.9 Å². The maximum atomic E-state index is 12.9. The van der Waals surface area contributed by atoms with Crippen molar-refractivity contribution in [2.24, 2.45) is 0 Å². The van der Waals surface area contributed by atoms with Crippen molar-refractivity contribution in [1.29, 1.82) is 0 Å². The van der Waals surface area contributed by atoms with E-state index in [1.54, 1.807) is 43.6 Å². The van der Waals surface area contributed by atoms with Gasteiger partial charge in [-0.2, -0.15) is 0 Å². The van der Waals surface area contributed by atoms with Gasteiger partial charge in [-0.25, -0.2) is 14.6 Å². The monoisotopic (exact) mass is 495 g/mol. The van der Waals surface area contributed by atoms with Crippen LogP contribution in [-0.4, -0.2) is 40.5 Å². The molecule has 35 heavy (non-hydrogen) atoms. The van der Waals surface area contributed by atoms with E-state index in [1.165, 1.54) is 18.3 Å². The second kappa shape index (κ2) is 11.3. The minimum Gasteiger partial charge on any atom is -0.462 e. The van der Waals surface area contributed by atoms with E-state index in [0.717, 1.165) is 54.5 Å². The second-order valence-electron chi connectivity index (χ2n) is 8.39. The molecule has 2 aromatic heterocycles. The largest absolute Gasteiger partial charge is 0.462 e. The molecule has 0 spiro atoms. The highest BCUT2D eigenvalue weighted by atomic mass is 32.1. The number of nitrogens with zero attached hydrogens (tertiary/aromatic N) is 1. The SMILES string of the molecule is CCOC(=O)c1c(NC(=O)C(C)OC(=O)c2ccc(-c3ncc[nH]3)cc2)sc2c1CCCCCC2. The molecule has 1 amide bonds. The Morgan fingerprint density at radius 2 is 1.83 bits per heavy atom. The lowest BCUT2D eigenvalue weighted by atomic mass is 9.96. The molecule has 4 rings (SSSR count). The van der Waals surface area contributed by atoms with Gasteiger partial charge in [0.1, 0.15) is 10.8 Å². The highest BCUT2D eigenvalue weighted by Gasteiger charge is 2.28. The molecule has 0 radical (unpaired) electrons. The van der Waals surface area contributed by atoms with Crippen LogP contribution >= 0.6 is 11.3 Å². The van der Waals surface area contributed by atoms with Crippen molar-refractivity contribution in [2.45, 2.75) is 58.5 Å². The summed E-state index contributed by atoms with van der Waals surface area (Å²) in [6.45, 7) is 3.52. The van der Waals surface area contributed by atoms with Crippen LogP contribution in [0.2, 0.25) is 0 Å². The summed E-state index contributed by atoms with van der Waals surface area (Å²) >= 11 is 1.42. The zero-order valence-electron chi connectivity index (χ0n) is 19.9. The van der Waals surface area contributed by atoms with Crippen molar-refractivity contribution in [3.05, 3.63) is 58.2 Å². The number of carbonyl (C=O) groups excluding carboxylic acids is 3. The predicted molar refractivity (Wildman–Crippen MR) is 134 cm³/mol. The number of ether oxygens (including phenoxy) is 2.